The van der Waals surface area contributed by atoms with E-state index in [4.69, 9.17) is 10.8 Å². The van der Waals surface area contributed by atoms with E-state index in [1.807, 2.05) is 0 Å². The molecule has 0 atom stereocenters. The summed E-state index contributed by atoms with van der Waals surface area (Å²) in [6.45, 7) is -0.974. The molecule has 1 aromatic rings. The molecule has 90 valence electrons. The lowest BCUT2D eigenvalue weighted by Crippen LogP contribution is -2.19. The van der Waals surface area contributed by atoms with Crippen LogP contribution in [0, 0.1) is 0 Å². The number of pyridine rings is 1. The van der Waals surface area contributed by atoms with Crippen molar-refractivity contribution < 1.29 is 28.1 Å². The number of aliphatic hydroxyl groups is 1. The first-order chi connectivity index (χ1) is 7.39. The quantitative estimate of drug-likeness (QED) is 0.719. The first-order valence-electron chi connectivity index (χ1n) is 4.15. The summed E-state index contributed by atoms with van der Waals surface area (Å²) in [5.41, 5.74) is 4.77. The van der Waals surface area contributed by atoms with E-state index in [1.54, 1.807) is 0 Å². The Morgan fingerprint density at radius 2 is 2.06 bits per heavy atom. The minimum atomic E-state index is -4.89. The molecule has 16 heavy (non-hydrogen) atoms. The van der Waals surface area contributed by atoms with E-state index in [0.29, 0.717) is 0 Å². The van der Waals surface area contributed by atoms with E-state index < -0.39 is 24.5 Å². The molecule has 0 saturated carbocycles. The highest BCUT2D eigenvalue weighted by Crippen LogP contribution is 2.32. The van der Waals surface area contributed by atoms with Gasteiger partial charge in [0.2, 0.25) is 0 Å². The summed E-state index contributed by atoms with van der Waals surface area (Å²) >= 11 is 0. The number of nitrogens with zero attached hydrogens (tertiary/aromatic N) is 1. The molecule has 5 nitrogen and oxygen atoms in total. The van der Waals surface area contributed by atoms with Crippen molar-refractivity contribution in [3.05, 3.63) is 17.5 Å². The Labute approximate surface area is 88.3 Å². The number of hydrogen-bond acceptors (Lipinski definition) is 5. The van der Waals surface area contributed by atoms with Gasteiger partial charge in [0.05, 0.1) is 18.4 Å². The van der Waals surface area contributed by atoms with Crippen molar-refractivity contribution in [3.63, 3.8) is 0 Å². The molecule has 4 N–H and O–H groups in total. The summed E-state index contributed by atoms with van der Waals surface area (Å²) in [4.78, 5) is 3.41. The topological polar surface area (TPSA) is 88.6 Å². The van der Waals surface area contributed by atoms with Crippen LogP contribution >= 0.6 is 0 Å². The zero-order valence-electron chi connectivity index (χ0n) is 7.95. The summed E-state index contributed by atoms with van der Waals surface area (Å²) in [5.74, 6) is -1.27. The molecule has 1 aromatic heterocycles. The normalized spacial score (nSPS) is 11.6. The second-order valence-corrected chi connectivity index (χ2v) is 2.81. The summed E-state index contributed by atoms with van der Waals surface area (Å²) < 4.78 is 39.5. The van der Waals surface area contributed by atoms with Crippen molar-refractivity contribution in [2.75, 3.05) is 0 Å². The molecule has 0 amide bonds. The van der Waals surface area contributed by atoms with E-state index in [-0.39, 0.29) is 17.8 Å². The average Bonchev–Trinajstić information content (AvgIpc) is 2.16. The van der Waals surface area contributed by atoms with E-state index in [0.717, 1.165) is 6.20 Å². The lowest BCUT2D eigenvalue weighted by atomic mass is 10.2. The van der Waals surface area contributed by atoms with Crippen LogP contribution in [0.1, 0.15) is 11.3 Å². The summed E-state index contributed by atoms with van der Waals surface area (Å²) in [5, 5.41) is 18.2. The van der Waals surface area contributed by atoms with E-state index in [9.17, 15) is 18.3 Å². The van der Waals surface area contributed by atoms with Gasteiger partial charge in [-0.3, -0.25) is 4.98 Å². The van der Waals surface area contributed by atoms with Gasteiger partial charge in [0.25, 0.3) is 0 Å². The molecule has 0 unspecified atom stereocenters. The van der Waals surface area contributed by atoms with Crippen molar-refractivity contribution in [2.45, 2.75) is 19.5 Å². The van der Waals surface area contributed by atoms with E-state index in [1.165, 1.54) is 0 Å². The number of aromatic hydroxyl groups is 1. The van der Waals surface area contributed by atoms with Crippen LogP contribution in [0.2, 0.25) is 0 Å². The van der Waals surface area contributed by atoms with Crippen LogP contribution in [0.4, 0.5) is 13.2 Å². The minimum absolute atomic E-state index is 0.157. The largest absolute Gasteiger partial charge is 0.573 e. The zero-order chi connectivity index (χ0) is 12.3. The molecule has 0 fully saturated rings. The second-order valence-electron chi connectivity index (χ2n) is 2.81. The van der Waals surface area contributed by atoms with Crippen molar-refractivity contribution in [1.82, 2.24) is 4.98 Å². The molecule has 0 aromatic carbocycles. The molecule has 0 aliphatic heterocycles. The Kier molecular flexibility index (Phi) is 3.55. The van der Waals surface area contributed by atoms with Crippen LogP contribution in [-0.2, 0) is 13.2 Å². The number of hydrogen-bond donors (Lipinski definition) is 3. The van der Waals surface area contributed by atoms with Gasteiger partial charge < -0.3 is 20.7 Å². The molecule has 0 aliphatic rings. The number of aromatic nitrogens is 1. The Balaban J connectivity index is 3.16. The SMILES string of the molecule is NCc1c(OC(F)(F)F)cnc(CO)c1O. The number of nitrogens with two attached hydrogens (primary N) is 1. The molecule has 0 radical (unpaired) electrons. The van der Waals surface area contributed by atoms with Gasteiger partial charge in [-0.1, -0.05) is 0 Å². The van der Waals surface area contributed by atoms with Crippen molar-refractivity contribution >= 4 is 0 Å². The molecule has 0 spiro atoms. The third-order valence-electron chi connectivity index (χ3n) is 1.77. The van der Waals surface area contributed by atoms with Crippen LogP contribution in [0.3, 0.4) is 0 Å². The predicted octanol–water partition coefficient (Wildman–Crippen LogP) is 0.637. The molecule has 0 aliphatic carbocycles. The lowest BCUT2D eigenvalue weighted by molar-refractivity contribution is -0.275. The van der Waals surface area contributed by atoms with Crippen LogP contribution in [0.5, 0.6) is 11.5 Å². The fraction of sp³-hybridized carbons (Fsp3) is 0.375. The van der Waals surface area contributed by atoms with Gasteiger partial charge in [-0.15, -0.1) is 13.2 Å². The van der Waals surface area contributed by atoms with Crippen LogP contribution in [0.15, 0.2) is 6.20 Å². The maximum atomic E-state index is 11.9. The number of ether oxygens (including phenoxy) is 1. The lowest BCUT2D eigenvalue weighted by Gasteiger charge is -2.14. The van der Waals surface area contributed by atoms with Gasteiger partial charge in [0.1, 0.15) is 11.4 Å². The van der Waals surface area contributed by atoms with Crippen molar-refractivity contribution in [3.8, 4) is 11.5 Å². The fourth-order valence-electron chi connectivity index (χ4n) is 1.09. The number of halogens is 3. The molecule has 0 bridgehead atoms. The minimum Gasteiger partial charge on any atom is -0.505 e. The van der Waals surface area contributed by atoms with E-state index in [2.05, 4.69) is 9.72 Å². The highest BCUT2D eigenvalue weighted by atomic mass is 19.4. The van der Waals surface area contributed by atoms with Gasteiger partial charge in [0.15, 0.2) is 5.75 Å². The fourth-order valence-corrected chi connectivity index (χ4v) is 1.09. The Morgan fingerprint density at radius 3 is 2.50 bits per heavy atom. The Hall–Kier alpha value is -1.54. The number of alkyl halides is 3. The highest BCUT2D eigenvalue weighted by Gasteiger charge is 2.33. The standard InChI is InChI=1S/C8H9F3N2O3/c9-8(10,11)16-6-2-13-5(3-14)7(15)4(6)1-12/h2,14-15H,1,3,12H2. The zero-order valence-corrected chi connectivity index (χ0v) is 7.95. The predicted molar refractivity (Wildman–Crippen MR) is 46.4 cm³/mol. The van der Waals surface area contributed by atoms with Gasteiger partial charge >= 0.3 is 6.36 Å². The third-order valence-corrected chi connectivity index (χ3v) is 1.77. The van der Waals surface area contributed by atoms with Crippen LogP contribution in [-0.4, -0.2) is 21.6 Å². The Morgan fingerprint density at radius 1 is 1.44 bits per heavy atom. The smallest absolute Gasteiger partial charge is 0.505 e. The molecule has 1 heterocycles. The van der Waals surface area contributed by atoms with Gasteiger partial charge in [-0.25, -0.2) is 0 Å². The first kappa shape index (κ1) is 12.5. The van der Waals surface area contributed by atoms with E-state index >= 15 is 0 Å². The van der Waals surface area contributed by atoms with Crippen LogP contribution < -0.4 is 10.5 Å². The maximum Gasteiger partial charge on any atom is 0.573 e. The second kappa shape index (κ2) is 4.54. The molecule has 1 rings (SSSR count). The maximum absolute atomic E-state index is 11.9. The summed E-state index contributed by atoms with van der Waals surface area (Å²) in [6.07, 6.45) is -4.14. The molecular formula is C8H9F3N2O3. The molecule has 8 heteroatoms. The molecular weight excluding hydrogens is 229 g/mol. The monoisotopic (exact) mass is 238 g/mol. The van der Waals surface area contributed by atoms with Crippen molar-refractivity contribution in [1.29, 1.82) is 0 Å². The van der Waals surface area contributed by atoms with Gasteiger partial charge in [-0.05, 0) is 0 Å². The first-order valence-corrected chi connectivity index (χ1v) is 4.15. The van der Waals surface area contributed by atoms with Crippen LogP contribution in [0.25, 0.3) is 0 Å². The van der Waals surface area contributed by atoms with Gasteiger partial charge in [-0.2, -0.15) is 0 Å². The van der Waals surface area contributed by atoms with Gasteiger partial charge in [0, 0.05) is 6.54 Å². The average molecular weight is 238 g/mol. The third kappa shape index (κ3) is 2.74. The molecule has 0 saturated heterocycles. The summed E-state index contributed by atoms with van der Waals surface area (Å²) in [7, 11) is 0. The Bertz CT molecular complexity index is 382. The number of rotatable bonds is 3. The summed E-state index contributed by atoms with van der Waals surface area (Å²) in [6, 6.07) is 0. The number of aliphatic hydroxyl groups excluding tert-OH is 1. The van der Waals surface area contributed by atoms with Crippen molar-refractivity contribution in [2.24, 2.45) is 5.73 Å². The highest BCUT2D eigenvalue weighted by molar-refractivity contribution is 5.44.